The van der Waals surface area contributed by atoms with Gasteiger partial charge >= 0.3 is 0 Å². The number of aromatic hydroxyl groups is 1. The maximum Gasteiger partial charge on any atom is 0.166 e. The summed E-state index contributed by atoms with van der Waals surface area (Å²) < 4.78 is 14.4. The number of aryl methyl sites for hydroxylation is 1. The van der Waals surface area contributed by atoms with Gasteiger partial charge in [0.2, 0.25) is 0 Å². The van der Waals surface area contributed by atoms with Crippen LogP contribution in [0.1, 0.15) is 17.5 Å². The fourth-order valence-corrected chi connectivity index (χ4v) is 3.09. The Bertz CT molecular complexity index is 644. The van der Waals surface area contributed by atoms with Crippen LogP contribution in [0.15, 0.2) is 40.9 Å². The van der Waals surface area contributed by atoms with Gasteiger partial charge in [-0.2, -0.15) is 0 Å². The number of hydrogen-bond acceptors (Lipinski definition) is 2. The van der Waals surface area contributed by atoms with E-state index in [1.54, 1.807) is 6.07 Å². The van der Waals surface area contributed by atoms with E-state index in [2.05, 4.69) is 39.4 Å². The molecule has 0 aliphatic heterocycles. The first-order valence-corrected chi connectivity index (χ1v) is 7.43. The molecule has 2 aromatic rings. The van der Waals surface area contributed by atoms with Gasteiger partial charge in [-0.25, -0.2) is 4.39 Å². The molecule has 4 heteroatoms. The normalized spacial score (nSPS) is 17.6. The first-order chi connectivity index (χ1) is 9.61. The summed E-state index contributed by atoms with van der Waals surface area (Å²) in [7, 11) is 0. The Morgan fingerprint density at radius 1 is 1.15 bits per heavy atom. The second-order valence-corrected chi connectivity index (χ2v) is 6.08. The van der Waals surface area contributed by atoms with Gasteiger partial charge in [-0.05, 0) is 54.7 Å². The zero-order valence-corrected chi connectivity index (χ0v) is 12.5. The topological polar surface area (TPSA) is 32.3 Å². The number of rotatable bonds is 2. The first kappa shape index (κ1) is 13.4. The van der Waals surface area contributed by atoms with Crippen LogP contribution >= 0.6 is 15.9 Å². The highest BCUT2D eigenvalue weighted by molar-refractivity contribution is 9.10. The maximum absolute atomic E-state index is 13.3. The fourth-order valence-electron chi connectivity index (χ4n) is 2.68. The predicted octanol–water partition coefficient (Wildman–Crippen LogP) is 4.26. The van der Waals surface area contributed by atoms with Gasteiger partial charge in [0, 0.05) is 22.3 Å². The third kappa shape index (κ3) is 2.80. The molecular weight excluding hydrogens is 321 g/mol. The number of anilines is 1. The van der Waals surface area contributed by atoms with Crippen molar-refractivity contribution in [3.05, 3.63) is 57.8 Å². The lowest BCUT2D eigenvalue weighted by atomic mass is 9.88. The molecule has 1 unspecified atom stereocenters. The largest absolute Gasteiger partial charge is 0.505 e. The zero-order chi connectivity index (χ0) is 14.1. The molecule has 104 valence electrons. The van der Waals surface area contributed by atoms with Gasteiger partial charge in [0.1, 0.15) is 0 Å². The number of halogens is 2. The van der Waals surface area contributed by atoms with Crippen molar-refractivity contribution < 1.29 is 9.50 Å². The molecule has 0 fully saturated rings. The van der Waals surface area contributed by atoms with E-state index in [1.165, 1.54) is 23.3 Å². The van der Waals surface area contributed by atoms with Crippen molar-refractivity contribution in [2.45, 2.75) is 25.3 Å². The van der Waals surface area contributed by atoms with Gasteiger partial charge in [0.15, 0.2) is 11.6 Å². The highest BCUT2D eigenvalue weighted by Gasteiger charge is 2.18. The van der Waals surface area contributed by atoms with E-state index in [-0.39, 0.29) is 5.75 Å². The molecule has 1 aliphatic rings. The Balaban J connectivity index is 1.74. The van der Waals surface area contributed by atoms with Gasteiger partial charge in [-0.15, -0.1) is 0 Å². The monoisotopic (exact) mass is 335 g/mol. The Morgan fingerprint density at radius 3 is 2.80 bits per heavy atom. The first-order valence-electron chi connectivity index (χ1n) is 6.64. The summed E-state index contributed by atoms with van der Waals surface area (Å²) >= 11 is 3.49. The molecule has 2 N–H and O–H groups in total. The van der Waals surface area contributed by atoms with Crippen molar-refractivity contribution in [3.63, 3.8) is 0 Å². The van der Waals surface area contributed by atoms with E-state index < -0.39 is 5.82 Å². The molecule has 0 radical (unpaired) electrons. The molecule has 0 bridgehead atoms. The van der Waals surface area contributed by atoms with Gasteiger partial charge in [-0.1, -0.05) is 22.0 Å². The second-order valence-electron chi connectivity index (χ2n) is 5.16. The van der Waals surface area contributed by atoms with E-state index in [0.717, 1.165) is 23.7 Å². The van der Waals surface area contributed by atoms with Crippen LogP contribution in [0.2, 0.25) is 0 Å². The van der Waals surface area contributed by atoms with Gasteiger partial charge in [0.25, 0.3) is 0 Å². The van der Waals surface area contributed by atoms with E-state index in [9.17, 15) is 9.50 Å². The lowest BCUT2D eigenvalue weighted by molar-refractivity contribution is 0.432. The molecule has 0 heterocycles. The summed E-state index contributed by atoms with van der Waals surface area (Å²) in [6.07, 6.45) is 2.98. The number of hydrogen-bond donors (Lipinski definition) is 2. The minimum Gasteiger partial charge on any atom is -0.505 e. The molecule has 1 aliphatic carbocycles. The van der Waals surface area contributed by atoms with Crippen LogP contribution in [0, 0.1) is 5.82 Å². The third-order valence-electron chi connectivity index (χ3n) is 3.72. The number of phenolic OH excluding ortho intramolecular Hbond substituents is 1. The average Bonchev–Trinajstić information content (AvgIpc) is 2.43. The Kier molecular flexibility index (Phi) is 3.66. The molecular formula is C16H15BrFNO. The molecule has 3 rings (SSSR count). The van der Waals surface area contributed by atoms with Crippen LogP contribution in [0.5, 0.6) is 5.75 Å². The molecule has 1 atom stereocenters. The summed E-state index contributed by atoms with van der Waals surface area (Å²) in [5.74, 6) is -0.899. The molecule has 0 amide bonds. The summed E-state index contributed by atoms with van der Waals surface area (Å²) in [6.45, 7) is 0. The van der Waals surface area contributed by atoms with Crippen LogP contribution in [-0.2, 0) is 12.8 Å². The fraction of sp³-hybridized carbons (Fsp3) is 0.250. The summed E-state index contributed by atoms with van der Waals surface area (Å²) in [4.78, 5) is 0. The lowest BCUT2D eigenvalue weighted by Crippen LogP contribution is -2.27. The number of nitrogens with one attached hydrogen (secondary N) is 1. The van der Waals surface area contributed by atoms with Crippen molar-refractivity contribution in [2.75, 3.05) is 5.32 Å². The van der Waals surface area contributed by atoms with Gasteiger partial charge in [0.05, 0.1) is 0 Å². The summed E-state index contributed by atoms with van der Waals surface area (Å²) in [5, 5.41) is 12.5. The van der Waals surface area contributed by atoms with E-state index in [0.29, 0.717) is 11.7 Å². The van der Waals surface area contributed by atoms with Crippen LogP contribution in [-0.4, -0.2) is 11.1 Å². The van der Waals surface area contributed by atoms with Crippen LogP contribution < -0.4 is 5.32 Å². The van der Waals surface area contributed by atoms with Crippen LogP contribution in [0.25, 0.3) is 0 Å². The second kappa shape index (κ2) is 5.44. The Labute approximate surface area is 125 Å². The molecule has 2 nitrogen and oxygen atoms in total. The molecule has 0 saturated carbocycles. The van der Waals surface area contributed by atoms with Crippen molar-refractivity contribution in [2.24, 2.45) is 0 Å². The van der Waals surface area contributed by atoms with Crippen molar-refractivity contribution in [1.82, 2.24) is 0 Å². The zero-order valence-electron chi connectivity index (χ0n) is 10.9. The van der Waals surface area contributed by atoms with Gasteiger partial charge in [-0.3, -0.25) is 0 Å². The Morgan fingerprint density at radius 2 is 2.00 bits per heavy atom. The minimum atomic E-state index is -0.588. The molecule has 20 heavy (non-hydrogen) atoms. The third-order valence-corrected chi connectivity index (χ3v) is 4.21. The average molecular weight is 336 g/mol. The molecule has 0 saturated heterocycles. The van der Waals surface area contributed by atoms with Crippen molar-refractivity contribution in [1.29, 1.82) is 0 Å². The predicted molar refractivity (Wildman–Crippen MR) is 81.6 cm³/mol. The van der Waals surface area contributed by atoms with E-state index >= 15 is 0 Å². The molecule has 0 aromatic heterocycles. The summed E-state index contributed by atoms with van der Waals surface area (Å²) in [5.41, 5.74) is 3.44. The lowest BCUT2D eigenvalue weighted by Gasteiger charge is -2.26. The quantitative estimate of drug-likeness (QED) is 0.803. The van der Waals surface area contributed by atoms with Crippen molar-refractivity contribution >= 4 is 21.6 Å². The number of phenols is 1. The number of fused-ring (bicyclic) bond motifs is 1. The van der Waals surface area contributed by atoms with E-state index in [4.69, 9.17) is 0 Å². The molecule has 2 aromatic carbocycles. The molecule has 0 spiro atoms. The highest BCUT2D eigenvalue weighted by Crippen LogP contribution is 2.27. The number of benzene rings is 2. The van der Waals surface area contributed by atoms with Gasteiger partial charge < -0.3 is 10.4 Å². The SMILES string of the molecule is Oc1ccc(NC2CCc3cc(Br)ccc3C2)cc1F. The highest BCUT2D eigenvalue weighted by atomic mass is 79.9. The van der Waals surface area contributed by atoms with Crippen LogP contribution in [0.3, 0.4) is 0 Å². The van der Waals surface area contributed by atoms with Crippen LogP contribution in [0.4, 0.5) is 10.1 Å². The smallest absolute Gasteiger partial charge is 0.166 e. The van der Waals surface area contributed by atoms with Crippen molar-refractivity contribution in [3.8, 4) is 5.75 Å². The Hall–Kier alpha value is -1.55. The maximum atomic E-state index is 13.3. The standard InChI is InChI=1S/C16H15BrFNO/c17-12-3-1-11-8-13(4-2-10(11)7-12)19-14-5-6-16(20)15(18)9-14/h1,3,5-7,9,13,19-20H,2,4,8H2. The summed E-state index contributed by atoms with van der Waals surface area (Å²) in [6, 6.07) is 11.1. The minimum absolute atomic E-state index is 0.299. The van der Waals surface area contributed by atoms with E-state index in [1.807, 2.05) is 0 Å².